The second kappa shape index (κ2) is 9.31. The number of hydrogen-bond acceptors (Lipinski definition) is 6. The average Bonchev–Trinajstić information content (AvgIpc) is 2.68. The number of methoxy groups -OCH3 is 1. The fourth-order valence-corrected chi connectivity index (χ4v) is 3.12. The summed E-state index contributed by atoms with van der Waals surface area (Å²) in [6.45, 7) is 7.66. The molecule has 1 aromatic rings. The molecule has 2 rings (SSSR count). The minimum atomic E-state index is -0.535. The number of amides is 2. The SMILES string of the molecule is CCN(CC)C(=O)CN1CCN(C(=O)c2cc([N+](=O)[O-])ccc2OC)CC1. The maximum Gasteiger partial charge on any atom is 0.270 e. The summed E-state index contributed by atoms with van der Waals surface area (Å²) in [7, 11) is 1.43. The van der Waals surface area contributed by atoms with Crippen LogP contribution in [0.25, 0.3) is 0 Å². The molecule has 9 nitrogen and oxygen atoms in total. The number of nitro groups is 1. The van der Waals surface area contributed by atoms with Crippen LogP contribution in [0.1, 0.15) is 24.2 Å². The summed E-state index contributed by atoms with van der Waals surface area (Å²) in [6, 6.07) is 3.99. The molecule has 148 valence electrons. The van der Waals surface area contributed by atoms with Gasteiger partial charge in [-0.3, -0.25) is 24.6 Å². The van der Waals surface area contributed by atoms with E-state index in [4.69, 9.17) is 4.74 Å². The molecule has 0 saturated carbocycles. The van der Waals surface area contributed by atoms with Crippen LogP contribution in [0.15, 0.2) is 18.2 Å². The van der Waals surface area contributed by atoms with Gasteiger partial charge in [-0.1, -0.05) is 0 Å². The number of likely N-dealkylation sites (N-methyl/N-ethyl adjacent to an activating group) is 1. The molecule has 1 fully saturated rings. The number of ether oxygens (including phenoxy) is 1. The number of benzene rings is 1. The molecular weight excluding hydrogens is 352 g/mol. The minimum Gasteiger partial charge on any atom is -0.496 e. The summed E-state index contributed by atoms with van der Waals surface area (Å²) in [5.74, 6) is 0.0927. The van der Waals surface area contributed by atoms with Crippen LogP contribution in [0.2, 0.25) is 0 Å². The zero-order valence-corrected chi connectivity index (χ0v) is 16.0. The largest absolute Gasteiger partial charge is 0.496 e. The third-order valence-corrected chi connectivity index (χ3v) is 4.76. The van der Waals surface area contributed by atoms with Crippen molar-refractivity contribution in [2.24, 2.45) is 0 Å². The molecule has 0 spiro atoms. The number of carbonyl (C=O) groups is 2. The zero-order chi connectivity index (χ0) is 20.0. The molecule has 1 aliphatic heterocycles. The number of piperazine rings is 1. The third-order valence-electron chi connectivity index (χ3n) is 4.76. The van der Waals surface area contributed by atoms with Crippen molar-refractivity contribution >= 4 is 17.5 Å². The Hall–Kier alpha value is -2.68. The third kappa shape index (κ3) is 4.94. The molecule has 1 saturated heterocycles. The van der Waals surface area contributed by atoms with E-state index in [0.29, 0.717) is 51.6 Å². The van der Waals surface area contributed by atoms with Crippen molar-refractivity contribution in [3.05, 3.63) is 33.9 Å². The Kier molecular flexibility index (Phi) is 7.12. The first-order valence-electron chi connectivity index (χ1n) is 9.03. The molecule has 1 heterocycles. The smallest absolute Gasteiger partial charge is 0.270 e. The van der Waals surface area contributed by atoms with Gasteiger partial charge in [0.05, 0.1) is 24.1 Å². The highest BCUT2D eigenvalue weighted by Gasteiger charge is 2.27. The van der Waals surface area contributed by atoms with E-state index >= 15 is 0 Å². The van der Waals surface area contributed by atoms with Crippen molar-refractivity contribution in [1.29, 1.82) is 0 Å². The van der Waals surface area contributed by atoms with Crippen molar-refractivity contribution < 1.29 is 19.2 Å². The maximum absolute atomic E-state index is 12.8. The van der Waals surface area contributed by atoms with Crippen LogP contribution in [0.3, 0.4) is 0 Å². The lowest BCUT2D eigenvalue weighted by molar-refractivity contribution is -0.384. The second-order valence-electron chi connectivity index (χ2n) is 6.28. The van der Waals surface area contributed by atoms with Crippen LogP contribution in [-0.2, 0) is 4.79 Å². The van der Waals surface area contributed by atoms with Gasteiger partial charge in [0, 0.05) is 51.4 Å². The predicted octanol–water partition coefficient (Wildman–Crippen LogP) is 1.23. The number of non-ortho nitro benzene ring substituents is 1. The fourth-order valence-electron chi connectivity index (χ4n) is 3.12. The van der Waals surface area contributed by atoms with Crippen molar-refractivity contribution in [3.8, 4) is 5.75 Å². The molecular formula is C18H26N4O5. The normalized spacial score (nSPS) is 14.7. The monoisotopic (exact) mass is 378 g/mol. The molecule has 0 atom stereocenters. The van der Waals surface area contributed by atoms with Gasteiger partial charge >= 0.3 is 0 Å². The second-order valence-corrected chi connectivity index (χ2v) is 6.28. The van der Waals surface area contributed by atoms with Gasteiger partial charge in [-0.05, 0) is 19.9 Å². The first-order chi connectivity index (χ1) is 12.9. The van der Waals surface area contributed by atoms with Gasteiger partial charge < -0.3 is 14.5 Å². The van der Waals surface area contributed by atoms with Gasteiger partial charge in [0.2, 0.25) is 5.91 Å². The molecule has 9 heteroatoms. The molecule has 1 aromatic carbocycles. The Morgan fingerprint density at radius 3 is 2.33 bits per heavy atom. The lowest BCUT2D eigenvalue weighted by Gasteiger charge is -2.35. The molecule has 1 aliphatic rings. The van der Waals surface area contributed by atoms with Gasteiger partial charge in [0.25, 0.3) is 11.6 Å². The highest BCUT2D eigenvalue weighted by Crippen LogP contribution is 2.25. The van der Waals surface area contributed by atoms with E-state index < -0.39 is 4.92 Å². The summed E-state index contributed by atoms with van der Waals surface area (Å²) in [5, 5.41) is 11.0. The Morgan fingerprint density at radius 2 is 1.81 bits per heavy atom. The van der Waals surface area contributed by atoms with Crippen molar-refractivity contribution in [2.75, 3.05) is 52.9 Å². The lowest BCUT2D eigenvalue weighted by atomic mass is 10.1. The van der Waals surface area contributed by atoms with E-state index in [1.54, 1.807) is 9.80 Å². The predicted molar refractivity (Wildman–Crippen MR) is 99.9 cm³/mol. The quantitative estimate of drug-likeness (QED) is 0.523. The van der Waals surface area contributed by atoms with E-state index in [1.165, 1.54) is 25.3 Å². The van der Waals surface area contributed by atoms with E-state index in [-0.39, 0.29) is 23.1 Å². The van der Waals surface area contributed by atoms with Crippen molar-refractivity contribution in [1.82, 2.24) is 14.7 Å². The minimum absolute atomic E-state index is 0.0835. The molecule has 0 N–H and O–H groups in total. The molecule has 0 bridgehead atoms. The van der Waals surface area contributed by atoms with E-state index in [9.17, 15) is 19.7 Å². The van der Waals surface area contributed by atoms with Crippen LogP contribution in [0.4, 0.5) is 5.69 Å². The van der Waals surface area contributed by atoms with Crippen molar-refractivity contribution in [3.63, 3.8) is 0 Å². The van der Waals surface area contributed by atoms with Gasteiger partial charge in [-0.2, -0.15) is 0 Å². The van der Waals surface area contributed by atoms with Crippen molar-refractivity contribution in [2.45, 2.75) is 13.8 Å². The summed E-state index contributed by atoms with van der Waals surface area (Å²) in [4.78, 5) is 40.9. The number of nitro benzene ring substituents is 1. The molecule has 0 aliphatic carbocycles. The van der Waals surface area contributed by atoms with Crippen LogP contribution in [0.5, 0.6) is 5.75 Å². The molecule has 0 aromatic heterocycles. The Morgan fingerprint density at radius 1 is 1.19 bits per heavy atom. The Balaban J connectivity index is 2.02. The lowest BCUT2D eigenvalue weighted by Crippen LogP contribution is -2.51. The average molecular weight is 378 g/mol. The van der Waals surface area contributed by atoms with Crippen LogP contribution in [0, 0.1) is 10.1 Å². The van der Waals surface area contributed by atoms with Crippen LogP contribution >= 0.6 is 0 Å². The summed E-state index contributed by atoms with van der Waals surface area (Å²) >= 11 is 0. The molecule has 27 heavy (non-hydrogen) atoms. The summed E-state index contributed by atoms with van der Waals surface area (Å²) < 4.78 is 5.19. The number of carbonyl (C=O) groups excluding carboxylic acids is 2. The van der Waals surface area contributed by atoms with E-state index in [2.05, 4.69) is 0 Å². The van der Waals surface area contributed by atoms with Gasteiger partial charge in [0.15, 0.2) is 0 Å². The Labute approximate surface area is 158 Å². The summed E-state index contributed by atoms with van der Waals surface area (Å²) in [5.41, 5.74) is 0.0296. The highest BCUT2D eigenvalue weighted by molar-refractivity contribution is 5.97. The maximum atomic E-state index is 12.8. The van der Waals surface area contributed by atoms with E-state index in [0.717, 1.165) is 0 Å². The number of rotatable bonds is 7. The molecule has 0 radical (unpaired) electrons. The van der Waals surface area contributed by atoms with Gasteiger partial charge in [0.1, 0.15) is 5.75 Å². The first kappa shape index (κ1) is 20.6. The fraction of sp³-hybridized carbons (Fsp3) is 0.556. The summed E-state index contributed by atoms with van der Waals surface area (Å²) in [6.07, 6.45) is 0. The van der Waals surface area contributed by atoms with Crippen LogP contribution in [-0.4, -0.2) is 84.4 Å². The first-order valence-corrected chi connectivity index (χ1v) is 9.03. The van der Waals surface area contributed by atoms with Gasteiger partial charge in [-0.25, -0.2) is 0 Å². The Bertz CT molecular complexity index is 697. The van der Waals surface area contributed by atoms with Gasteiger partial charge in [-0.15, -0.1) is 0 Å². The zero-order valence-electron chi connectivity index (χ0n) is 16.0. The molecule has 2 amide bonds. The van der Waals surface area contributed by atoms with Crippen LogP contribution < -0.4 is 4.74 Å². The highest BCUT2D eigenvalue weighted by atomic mass is 16.6. The number of nitrogens with zero attached hydrogens (tertiary/aromatic N) is 4. The molecule has 0 unspecified atom stereocenters. The number of hydrogen-bond donors (Lipinski definition) is 0. The standard InChI is InChI=1S/C18H26N4O5/c1-4-20(5-2)17(23)13-19-8-10-21(11-9-19)18(24)15-12-14(22(25)26)6-7-16(15)27-3/h6-7,12H,4-5,8-11,13H2,1-3H3. The topological polar surface area (TPSA) is 96.2 Å². The van der Waals surface area contributed by atoms with E-state index in [1.807, 2.05) is 18.7 Å².